The zero-order valence-corrected chi connectivity index (χ0v) is 13.4. The first-order valence-electron chi connectivity index (χ1n) is 6.91. The second-order valence-electron chi connectivity index (χ2n) is 5.96. The molecule has 1 aliphatic carbocycles. The Balaban J connectivity index is 2.25. The third-order valence-corrected chi connectivity index (χ3v) is 5.25. The fourth-order valence-electron chi connectivity index (χ4n) is 2.72. The first kappa shape index (κ1) is 15.3. The van der Waals surface area contributed by atoms with E-state index in [0.29, 0.717) is 5.75 Å². The molecular weight excluding hydrogens is 274 g/mol. The van der Waals surface area contributed by atoms with Crippen LogP contribution >= 0.6 is 0 Å². The molecule has 1 saturated carbocycles. The van der Waals surface area contributed by atoms with Gasteiger partial charge in [0.05, 0.1) is 7.11 Å². The van der Waals surface area contributed by atoms with Gasteiger partial charge < -0.3 is 10.1 Å². The van der Waals surface area contributed by atoms with Crippen molar-refractivity contribution in [3.63, 3.8) is 0 Å². The SMILES string of the molecule is COc1cc(C(C)NC2(C)CCC2)ccc1S(C)(=O)=O. The molecule has 1 unspecified atom stereocenters. The number of hydrogen-bond acceptors (Lipinski definition) is 4. The van der Waals surface area contributed by atoms with Crippen LogP contribution in [0.2, 0.25) is 0 Å². The molecule has 0 bridgehead atoms. The van der Waals surface area contributed by atoms with E-state index in [1.165, 1.54) is 32.6 Å². The molecular formula is C15H23NO3S. The van der Waals surface area contributed by atoms with Crippen LogP contribution in [0.25, 0.3) is 0 Å². The van der Waals surface area contributed by atoms with Gasteiger partial charge in [-0.3, -0.25) is 0 Å². The van der Waals surface area contributed by atoms with Gasteiger partial charge in [0.1, 0.15) is 10.6 Å². The predicted octanol–water partition coefficient (Wildman–Crippen LogP) is 2.69. The van der Waals surface area contributed by atoms with Crippen LogP contribution in [0.1, 0.15) is 44.7 Å². The number of rotatable bonds is 5. The molecule has 0 amide bonds. The van der Waals surface area contributed by atoms with Crippen LogP contribution in [-0.4, -0.2) is 27.3 Å². The molecule has 0 spiro atoms. The average Bonchev–Trinajstić information content (AvgIpc) is 2.34. The minimum absolute atomic E-state index is 0.169. The van der Waals surface area contributed by atoms with Gasteiger partial charge in [-0.2, -0.15) is 0 Å². The highest BCUT2D eigenvalue weighted by Crippen LogP contribution is 2.34. The van der Waals surface area contributed by atoms with E-state index in [1.54, 1.807) is 6.07 Å². The molecule has 0 radical (unpaired) electrons. The van der Waals surface area contributed by atoms with Gasteiger partial charge in [-0.1, -0.05) is 6.07 Å². The highest BCUT2D eigenvalue weighted by atomic mass is 32.2. The van der Waals surface area contributed by atoms with Crippen LogP contribution in [0.3, 0.4) is 0 Å². The summed E-state index contributed by atoms with van der Waals surface area (Å²) in [6.45, 7) is 4.33. The lowest BCUT2D eigenvalue weighted by Gasteiger charge is -2.41. The van der Waals surface area contributed by atoms with E-state index in [0.717, 1.165) is 5.56 Å². The van der Waals surface area contributed by atoms with Crippen molar-refractivity contribution >= 4 is 9.84 Å². The third kappa shape index (κ3) is 3.15. The number of benzene rings is 1. The van der Waals surface area contributed by atoms with E-state index in [-0.39, 0.29) is 16.5 Å². The second kappa shape index (κ2) is 5.37. The summed E-state index contributed by atoms with van der Waals surface area (Å²) < 4.78 is 28.6. The summed E-state index contributed by atoms with van der Waals surface area (Å²) in [6, 6.07) is 5.47. The summed E-state index contributed by atoms with van der Waals surface area (Å²) in [4.78, 5) is 0.241. The van der Waals surface area contributed by atoms with Gasteiger partial charge in [-0.05, 0) is 50.8 Å². The summed E-state index contributed by atoms with van der Waals surface area (Å²) in [5, 5.41) is 3.61. The van der Waals surface area contributed by atoms with Crippen molar-refractivity contribution in [2.75, 3.05) is 13.4 Å². The maximum Gasteiger partial charge on any atom is 0.179 e. The minimum Gasteiger partial charge on any atom is -0.495 e. The van der Waals surface area contributed by atoms with Crippen molar-refractivity contribution in [2.24, 2.45) is 0 Å². The van der Waals surface area contributed by atoms with Crippen molar-refractivity contribution in [3.05, 3.63) is 23.8 Å². The molecule has 1 fully saturated rings. The molecule has 1 aromatic carbocycles. The number of hydrogen-bond donors (Lipinski definition) is 1. The third-order valence-electron chi connectivity index (χ3n) is 4.11. The van der Waals surface area contributed by atoms with Crippen LogP contribution in [0.4, 0.5) is 0 Å². The molecule has 1 aromatic rings. The Hall–Kier alpha value is -1.07. The Morgan fingerprint density at radius 3 is 2.45 bits per heavy atom. The van der Waals surface area contributed by atoms with Gasteiger partial charge in [0, 0.05) is 17.8 Å². The maximum absolute atomic E-state index is 11.7. The Morgan fingerprint density at radius 2 is 2.00 bits per heavy atom. The molecule has 4 nitrogen and oxygen atoms in total. The molecule has 1 atom stereocenters. The van der Waals surface area contributed by atoms with Gasteiger partial charge in [0.2, 0.25) is 0 Å². The summed E-state index contributed by atoms with van der Waals surface area (Å²) in [7, 11) is -1.76. The lowest BCUT2D eigenvalue weighted by atomic mass is 9.78. The first-order valence-corrected chi connectivity index (χ1v) is 8.80. The molecule has 0 aliphatic heterocycles. The summed E-state index contributed by atoms with van der Waals surface area (Å²) in [5.41, 5.74) is 1.25. The molecule has 1 N–H and O–H groups in total. The molecule has 1 aliphatic rings. The van der Waals surface area contributed by atoms with Crippen molar-refractivity contribution in [3.8, 4) is 5.75 Å². The van der Waals surface area contributed by atoms with E-state index in [2.05, 4.69) is 19.2 Å². The normalized spacial score (nSPS) is 19.2. The highest BCUT2D eigenvalue weighted by Gasteiger charge is 2.32. The minimum atomic E-state index is -3.26. The zero-order chi connectivity index (χ0) is 15.0. The van der Waals surface area contributed by atoms with Gasteiger partial charge >= 0.3 is 0 Å². The molecule has 0 aromatic heterocycles. The molecule has 2 rings (SSSR count). The molecule has 112 valence electrons. The maximum atomic E-state index is 11.7. The van der Waals surface area contributed by atoms with Crippen LogP contribution in [-0.2, 0) is 9.84 Å². The second-order valence-corrected chi connectivity index (χ2v) is 7.95. The number of ether oxygens (including phenoxy) is 1. The van der Waals surface area contributed by atoms with Crippen LogP contribution in [0, 0.1) is 0 Å². The molecule has 5 heteroatoms. The Bertz CT molecular complexity index is 591. The summed E-state index contributed by atoms with van der Waals surface area (Å²) in [5.74, 6) is 0.414. The standard InChI is InChI=1S/C15H23NO3S/c1-11(16-15(2)8-5-9-15)12-6-7-14(20(4,17)18)13(10-12)19-3/h6-7,10-11,16H,5,8-9H2,1-4H3. The molecule has 0 heterocycles. The average molecular weight is 297 g/mol. The van der Waals surface area contributed by atoms with Gasteiger partial charge in [0.15, 0.2) is 9.84 Å². The fraction of sp³-hybridized carbons (Fsp3) is 0.600. The fourth-order valence-corrected chi connectivity index (χ4v) is 3.54. The Labute approximate surface area is 121 Å². The smallest absolute Gasteiger partial charge is 0.179 e. The largest absolute Gasteiger partial charge is 0.495 e. The quantitative estimate of drug-likeness (QED) is 0.908. The zero-order valence-electron chi connectivity index (χ0n) is 12.6. The van der Waals surface area contributed by atoms with E-state index in [4.69, 9.17) is 4.74 Å². The van der Waals surface area contributed by atoms with Crippen molar-refractivity contribution in [1.29, 1.82) is 0 Å². The predicted molar refractivity (Wildman–Crippen MR) is 79.9 cm³/mol. The number of nitrogens with one attached hydrogen (secondary N) is 1. The van der Waals surface area contributed by atoms with Crippen molar-refractivity contribution in [1.82, 2.24) is 5.32 Å². The van der Waals surface area contributed by atoms with Gasteiger partial charge in [-0.15, -0.1) is 0 Å². The molecule has 20 heavy (non-hydrogen) atoms. The van der Waals surface area contributed by atoms with E-state index < -0.39 is 9.84 Å². The van der Waals surface area contributed by atoms with E-state index in [1.807, 2.05) is 12.1 Å². The van der Waals surface area contributed by atoms with Gasteiger partial charge in [0.25, 0.3) is 0 Å². The Morgan fingerprint density at radius 1 is 1.35 bits per heavy atom. The van der Waals surface area contributed by atoms with E-state index >= 15 is 0 Å². The molecule has 0 saturated heterocycles. The lowest BCUT2D eigenvalue weighted by Crippen LogP contribution is -2.49. The van der Waals surface area contributed by atoms with Crippen LogP contribution < -0.4 is 10.1 Å². The topological polar surface area (TPSA) is 55.4 Å². The first-order chi connectivity index (χ1) is 9.25. The highest BCUT2D eigenvalue weighted by molar-refractivity contribution is 7.90. The monoisotopic (exact) mass is 297 g/mol. The van der Waals surface area contributed by atoms with E-state index in [9.17, 15) is 8.42 Å². The van der Waals surface area contributed by atoms with Crippen molar-refractivity contribution in [2.45, 2.75) is 49.6 Å². The lowest BCUT2D eigenvalue weighted by molar-refractivity contribution is 0.189. The summed E-state index contributed by atoms with van der Waals surface area (Å²) in [6.07, 6.45) is 4.85. The van der Waals surface area contributed by atoms with Gasteiger partial charge in [-0.25, -0.2) is 8.42 Å². The van der Waals surface area contributed by atoms with Crippen LogP contribution in [0.5, 0.6) is 5.75 Å². The van der Waals surface area contributed by atoms with Crippen LogP contribution in [0.15, 0.2) is 23.1 Å². The van der Waals surface area contributed by atoms with Crippen molar-refractivity contribution < 1.29 is 13.2 Å². The summed E-state index contributed by atoms with van der Waals surface area (Å²) >= 11 is 0. The Kier molecular flexibility index (Phi) is 4.12. The number of methoxy groups -OCH3 is 1. The number of sulfone groups is 1.